The van der Waals surface area contributed by atoms with E-state index in [2.05, 4.69) is 26.8 Å². The van der Waals surface area contributed by atoms with Gasteiger partial charge in [-0.15, -0.1) is 0 Å². The zero-order valence-electron chi connectivity index (χ0n) is 10.1. The highest BCUT2D eigenvalue weighted by atomic mass is 16.5. The summed E-state index contributed by atoms with van der Waals surface area (Å²) in [5, 5.41) is 0. The minimum absolute atomic E-state index is 0.0505. The van der Waals surface area contributed by atoms with Gasteiger partial charge in [-0.25, -0.2) is 0 Å². The van der Waals surface area contributed by atoms with Crippen molar-refractivity contribution in [2.24, 2.45) is 5.73 Å². The molecule has 88 valence electrons. The first-order valence-electron chi connectivity index (χ1n) is 5.62. The molecule has 0 fully saturated rings. The van der Waals surface area contributed by atoms with Crippen molar-refractivity contribution in [3.63, 3.8) is 0 Å². The third-order valence-electron chi connectivity index (χ3n) is 2.72. The average molecular weight is 221 g/mol. The molecule has 3 nitrogen and oxygen atoms in total. The normalized spacial score (nSPS) is 20.4. The van der Waals surface area contributed by atoms with Crippen LogP contribution in [0.15, 0.2) is 18.2 Å². The lowest BCUT2D eigenvalue weighted by Crippen LogP contribution is -2.32. The van der Waals surface area contributed by atoms with E-state index in [1.165, 1.54) is 5.56 Å². The Bertz CT molecular complexity index is 382. The Morgan fingerprint density at radius 2 is 1.75 bits per heavy atom. The van der Waals surface area contributed by atoms with E-state index in [1.54, 1.807) is 0 Å². The highest BCUT2D eigenvalue weighted by Gasteiger charge is 2.19. The molecule has 1 atom stereocenters. The van der Waals surface area contributed by atoms with Crippen LogP contribution < -0.4 is 15.2 Å². The molecule has 0 radical (unpaired) electrons. The number of ether oxygens (including phenoxy) is 2. The molecular weight excluding hydrogens is 202 g/mol. The molecule has 0 aliphatic carbocycles. The van der Waals surface area contributed by atoms with E-state index in [-0.39, 0.29) is 11.5 Å². The molecule has 1 aliphatic heterocycles. The molecule has 16 heavy (non-hydrogen) atoms. The minimum atomic E-state index is -0.0505. The fourth-order valence-electron chi connectivity index (χ4n) is 1.65. The van der Waals surface area contributed by atoms with Crippen LogP contribution in [0.5, 0.6) is 11.5 Å². The minimum Gasteiger partial charge on any atom is -0.488 e. The quantitative estimate of drug-likeness (QED) is 0.729. The van der Waals surface area contributed by atoms with Crippen LogP contribution in [-0.2, 0) is 5.41 Å². The Morgan fingerprint density at radius 1 is 1.12 bits per heavy atom. The van der Waals surface area contributed by atoms with Crippen LogP contribution in [0, 0.1) is 0 Å². The standard InChI is InChI=1S/C13H19NO2/c1-13(2,3)9-4-5-11-12(6-9)16-8-10(14)7-15-11/h4-6,10H,7-8,14H2,1-3H3. The molecule has 1 aliphatic rings. The fourth-order valence-corrected chi connectivity index (χ4v) is 1.65. The number of fused-ring (bicyclic) bond motifs is 1. The Kier molecular flexibility index (Phi) is 2.80. The van der Waals surface area contributed by atoms with E-state index in [0.29, 0.717) is 13.2 Å². The number of rotatable bonds is 0. The number of nitrogens with two attached hydrogens (primary N) is 1. The molecule has 1 aromatic rings. The van der Waals surface area contributed by atoms with E-state index in [1.807, 2.05) is 12.1 Å². The Morgan fingerprint density at radius 3 is 2.38 bits per heavy atom. The van der Waals surface area contributed by atoms with Crippen molar-refractivity contribution in [2.45, 2.75) is 32.2 Å². The highest BCUT2D eigenvalue weighted by molar-refractivity contribution is 5.45. The Balaban J connectivity index is 2.32. The van der Waals surface area contributed by atoms with Gasteiger partial charge in [0.25, 0.3) is 0 Å². The van der Waals surface area contributed by atoms with Crippen molar-refractivity contribution < 1.29 is 9.47 Å². The van der Waals surface area contributed by atoms with Gasteiger partial charge in [-0.1, -0.05) is 26.8 Å². The first-order chi connectivity index (χ1) is 7.47. The van der Waals surface area contributed by atoms with Gasteiger partial charge >= 0.3 is 0 Å². The van der Waals surface area contributed by atoms with Crippen molar-refractivity contribution in [3.05, 3.63) is 23.8 Å². The second kappa shape index (κ2) is 3.98. The zero-order chi connectivity index (χ0) is 11.8. The lowest BCUT2D eigenvalue weighted by atomic mass is 9.87. The SMILES string of the molecule is CC(C)(C)c1ccc2c(c1)OCC(N)CO2. The molecule has 3 heteroatoms. The Hall–Kier alpha value is -1.22. The third kappa shape index (κ3) is 2.30. The summed E-state index contributed by atoms with van der Waals surface area (Å²) in [5.41, 5.74) is 7.15. The second-order valence-electron chi connectivity index (χ2n) is 5.29. The highest BCUT2D eigenvalue weighted by Crippen LogP contribution is 2.34. The first kappa shape index (κ1) is 11.3. The molecule has 0 amide bonds. The van der Waals surface area contributed by atoms with Crippen molar-refractivity contribution >= 4 is 0 Å². The van der Waals surface area contributed by atoms with Crippen molar-refractivity contribution in [1.82, 2.24) is 0 Å². The second-order valence-corrected chi connectivity index (χ2v) is 5.29. The molecule has 0 bridgehead atoms. The van der Waals surface area contributed by atoms with Crippen molar-refractivity contribution in [3.8, 4) is 11.5 Å². The monoisotopic (exact) mass is 221 g/mol. The molecule has 2 rings (SSSR count). The molecule has 0 saturated heterocycles. The maximum absolute atomic E-state index is 5.79. The van der Waals surface area contributed by atoms with Gasteiger partial charge in [0.15, 0.2) is 11.5 Å². The predicted octanol–water partition coefficient (Wildman–Crippen LogP) is 2.08. The van der Waals surface area contributed by atoms with Crippen LogP contribution in [0.3, 0.4) is 0 Å². The predicted molar refractivity (Wildman–Crippen MR) is 64.1 cm³/mol. The smallest absolute Gasteiger partial charge is 0.161 e. The molecule has 2 N–H and O–H groups in total. The lowest BCUT2D eigenvalue weighted by Gasteiger charge is -2.20. The van der Waals surface area contributed by atoms with E-state index in [9.17, 15) is 0 Å². The van der Waals surface area contributed by atoms with E-state index < -0.39 is 0 Å². The zero-order valence-corrected chi connectivity index (χ0v) is 10.1. The number of hydrogen-bond acceptors (Lipinski definition) is 3. The Labute approximate surface area is 96.5 Å². The van der Waals surface area contributed by atoms with Gasteiger partial charge in [-0.05, 0) is 23.1 Å². The summed E-state index contributed by atoms with van der Waals surface area (Å²) in [7, 11) is 0. The van der Waals surface area contributed by atoms with Crippen LogP contribution in [0.25, 0.3) is 0 Å². The summed E-state index contributed by atoms with van der Waals surface area (Å²) < 4.78 is 11.2. The van der Waals surface area contributed by atoms with Crippen molar-refractivity contribution in [1.29, 1.82) is 0 Å². The summed E-state index contributed by atoms with van der Waals surface area (Å²) in [6, 6.07) is 6.05. The average Bonchev–Trinajstić information content (AvgIpc) is 2.39. The summed E-state index contributed by atoms with van der Waals surface area (Å²) in [4.78, 5) is 0. The molecular formula is C13H19NO2. The maximum Gasteiger partial charge on any atom is 0.161 e. The molecule has 0 aromatic heterocycles. The summed E-state index contributed by atoms with van der Waals surface area (Å²) in [5.74, 6) is 1.60. The topological polar surface area (TPSA) is 44.5 Å². The van der Waals surface area contributed by atoms with E-state index in [4.69, 9.17) is 15.2 Å². The van der Waals surface area contributed by atoms with Gasteiger partial charge in [0.05, 0.1) is 6.04 Å². The molecule has 1 unspecified atom stereocenters. The van der Waals surface area contributed by atoms with Crippen LogP contribution in [-0.4, -0.2) is 19.3 Å². The maximum atomic E-state index is 5.79. The van der Waals surface area contributed by atoms with Crippen LogP contribution >= 0.6 is 0 Å². The number of hydrogen-bond donors (Lipinski definition) is 1. The molecule has 1 aromatic carbocycles. The summed E-state index contributed by atoms with van der Waals surface area (Å²) in [6.07, 6.45) is 0. The van der Waals surface area contributed by atoms with Crippen LogP contribution in [0.1, 0.15) is 26.3 Å². The molecule has 1 heterocycles. The van der Waals surface area contributed by atoms with E-state index >= 15 is 0 Å². The lowest BCUT2D eigenvalue weighted by molar-refractivity contribution is 0.264. The molecule has 0 spiro atoms. The van der Waals surface area contributed by atoms with Crippen molar-refractivity contribution in [2.75, 3.05) is 13.2 Å². The van der Waals surface area contributed by atoms with Gasteiger partial charge < -0.3 is 15.2 Å². The van der Waals surface area contributed by atoms with Gasteiger partial charge in [0.2, 0.25) is 0 Å². The first-order valence-corrected chi connectivity index (χ1v) is 5.62. The van der Waals surface area contributed by atoms with E-state index in [0.717, 1.165) is 11.5 Å². The fraction of sp³-hybridized carbons (Fsp3) is 0.538. The number of benzene rings is 1. The van der Waals surface area contributed by atoms with Gasteiger partial charge in [-0.2, -0.15) is 0 Å². The third-order valence-corrected chi connectivity index (χ3v) is 2.72. The molecule has 0 saturated carbocycles. The van der Waals surface area contributed by atoms with Crippen LogP contribution in [0.2, 0.25) is 0 Å². The van der Waals surface area contributed by atoms with Gasteiger partial charge in [0, 0.05) is 0 Å². The largest absolute Gasteiger partial charge is 0.488 e. The van der Waals surface area contributed by atoms with Crippen LogP contribution in [0.4, 0.5) is 0 Å². The summed E-state index contributed by atoms with van der Waals surface area (Å²) in [6.45, 7) is 7.57. The summed E-state index contributed by atoms with van der Waals surface area (Å²) >= 11 is 0. The van der Waals surface area contributed by atoms with Gasteiger partial charge in [0.1, 0.15) is 13.2 Å². The van der Waals surface area contributed by atoms with Gasteiger partial charge in [-0.3, -0.25) is 0 Å².